The summed E-state index contributed by atoms with van der Waals surface area (Å²) in [7, 11) is 0. The van der Waals surface area contributed by atoms with E-state index in [2.05, 4.69) is 42.9 Å². The highest BCUT2D eigenvalue weighted by Gasteiger charge is 2.19. The number of hydrogen-bond donors (Lipinski definition) is 2. The van der Waals surface area contributed by atoms with Crippen molar-refractivity contribution >= 4 is 24.4 Å². The molecule has 0 bridgehead atoms. The second kappa shape index (κ2) is 19.2. The van der Waals surface area contributed by atoms with E-state index in [1.165, 1.54) is 12.8 Å². The molecule has 1 heterocycles. The average molecular weight is 453 g/mol. The van der Waals surface area contributed by atoms with Gasteiger partial charge < -0.3 is 29.2 Å². The van der Waals surface area contributed by atoms with E-state index < -0.39 is 0 Å². The van der Waals surface area contributed by atoms with Crippen molar-refractivity contribution in [1.29, 1.82) is 0 Å². The highest BCUT2D eigenvalue weighted by molar-refractivity contribution is 7.99. The lowest BCUT2D eigenvalue weighted by Crippen LogP contribution is -2.45. The van der Waals surface area contributed by atoms with E-state index in [-0.39, 0.29) is 0 Å². The lowest BCUT2D eigenvalue weighted by Gasteiger charge is -2.33. The Labute approximate surface area is 188 Å². The van der Waals surface area contributed by atoms with Crippen molar-refractivity contribution in [3.63, 3.8) is 0 Å². The molecule has 6 nitrogen and oxygen atoms in total. The van der Waals surface area contributed by atoms with Gasteiger partial charge >= 0.3 is 0 Å². The van der Waals surface area contributed by atoms with Crippen molar-refractivity contribution in [1.82, 2.24) is 10.2 Å². The molecule has 1 N–H and O–H groups in total. The quantitative estimate of drug-likeness (QED) is 0.178. The van der Waals surface area contributed by atoms with Crippen LogP contribution in [0.2, 0.25) is 0 Å². The highest BCUT2D eigenvalue weighted by atomic mass is 32.2. The van der Waals surface area contributed by atoms with Gasteiger partial charge in [-0.3, -0.25) is 0 Å². The normalized spacial score (nSPS) is 18.2. The van der Waals surface area contributed by atoms with E-state index in [1.807, 2.05) is 11.8 Å². The van der Waals surface area contributed by atoms with Gasteiger partial charge in [-0.25, -0.2) is 0 Å². The lowest BCUT2D eigenvalue weighted by molar-refractivity contribution is -0.00473. The maximum atomic E-state index is 5.69. The molecule has 2 unspecified atom stereocenters. The zero-order valence-corrected chi connectivity index (χ0v) is 20.5. The van der Waals surface area contributed by atoms with Crippen LogP contribution in [0.25, 0.3) is 0 Å². The fourth-order valence-electron chi connectivity index (χ4n) is 3.16. The Bertz CT molecular complexity index is 360. The second-order valence-electron chi connectivity index (χ2n) is 7.60. The zero-order chi connectivity index (χ0) is 21.2. The average Bonchev–Trinajstić information content (AvgIpc) is 2.71. The first kappa shape index (κ1) is 27.5. The van der Waals surface area contributed by atoms with Crippen LogP contribution in [-0.2, 0) is 18.9 Å². The molecular weight excluding hydrogens is 408 g/mol. The molecule has 8 heteroatoms. The summed E-state index contributed by atoms with van der Waals surface area (Å²) in [4.78, 5) is 2.50. The maximum absolute atomic E-state index is 5.69. The molecule has 174 valence electrons. The van der Waals surface area contributed by atoms with Gasteiger partial charge in [0.25, 0.3) is 0 Å². The van der Waals surface area contributed by atoms with Gasteiger partial charge in [0, 0.05) is 19.2 Å². The van der Waals surface area contributed by atoms with Crippen LogP contribution in [0.1, 0.15) is 39.5 Å². The van der Waals surface area contributed by atoms with Crippen molar-refractivity contribution in [2.75, 3.05) is 78.7 Å². The monoisotopic (exact) mass is 452 g/mol. The van der Waals surface area contributed by atoms with Crippen LogP contribution in [-0.4, -0.2) is 100 Å². The third-order valence-electron chi connectivity index (χ3n) is 4.99. The molecule has 0 radical (unpaired) electrons. The smallest absolute Gasteiger partial charge is 0.0701 e. The number of nitrogens with one attached hydrogen (secondary N) is 1. The third-order valence-corrected chi connectivity index (χ3v) is 6.09. The first-order valence-corrected chi connectivity index (χ1v) is 12.9. The number of likely N-dealkylation sites (tertiary alicyclic amines) is 1. The SMILES string of the molecule is CSC(C)NC1CCN(CCOCCOCCOCCOCCCC(C)S)CC1. The number of nitrogens with zero attached hydrogens (tertiary/aromatic N) is 1. The summed E-state index contributed by atoms with van der Waals surface area (Å²) >= 11 is 6.23. The minimum atomic E-state index is 0.449. The predicted molar refractivity (Wildman–Crippen MR) is 127 cm³/mol. The van der Waals surface area contributed by atoms with Crippen LogP contribution < -0.4 is 5.32 Å². The van der Waals surface area contributed by atoms with Crippen molar-refractivity contribution in [2.24, 2.45) is 0 Å². The standard InChI is InChI=1S/C21H44N2O4S2/c1-19(28)5-4-11-24-13-15-26-17-18-27-16-14-25-12-10-23-8-6-21(7-9-23)22-20(2)29-3/h19-22,28H,4-18H2,1-3H3. The molecule has 0 spiro atoms. The minimum absolute atomic E-state index is 0.449. The summed E-state index contributed by atoms with van der Waals surface area (Å²) in [5.74, 6) is 0. The molecule has 0 aromatic heterocycles. The third kappa shape index (κ3) is 16.8. The van der Waals surface area contributed by atoms with Crippen LogP contribution >= 0.6 is 24.4 Å². The molecule has 0 aromatic rings. The van der Waals surface area contributed by atoms with Gasteiger partial charge in [-0.1, -0.05) is 6.92 Å². The van der Waals surface area contributed by atoms with E-state index in [1.54, 1.807) is 0 Å². The van der Waals surface area contributed by atoms with E-state index in [0.717, 1.165) is 45.7 Å². The van der Waals surface area contributed by atoms with Crippen LogP contribution in [0.3, 0.4) is 0 Å². The van der Waals surface area contributed by atoms with Gasteiger partial charge in [-0.2, -0.15) is 12.6 Å². The topological polar surface area (TPSA) is 52.2 Å². The fourth-order valence-corrected chi connectivity index (χ4v) is 3.67. The number of thioether (sulfide) groups is 1. The largest absolute Gasteiger partial charge is 0.379 e. The molecule has 0 saturated carbocycles. The van der Waals surface area contributed by atoms with Crippen LogP contribution in [0, 0.1) is 0 Å². The molecule has 1 fully saturated rings. The Balaban J connectivity index is 1.76. The van der Waals surface area contributed by atoms with E-state index in [9.17, 15) is 0 Å². The van der Waals surface area contributed by atoms with Gasteiger partial charge in [-0.15, -0.1) is 11.8 Å². The molecule has 1 aliphatic heterocycles. The summed E-state index contributed by atoms with van der Waals surface area (Å²) in [5, 5.41) is 4.68. The molecule has 1 saturated heterocycles. The first-order valence-electron chi connectivity index (χ1n) is 11.1. The van der Waals surface area contributed by atoms with Gasteiger partial charge in [0.2, 0.25) is 0 Å². The first-order chi connectivity index (χ1) is 14.1. The van der Waals surface area contributed by atoms with Gasteiger partial charge in [0.05, 0.1) is 51.6 Å². The molecule has 1 aliphatic rings. The summed E-state index contributed by atoms with van der Waals surface area (Å²) in [6.45, 7) is 13.0. The zero-order valence-electron chi connectivity index (χ0n) is 18.8. The molecule has 0 aromatic carbocycles. The van der Waals surface area contributed by atoms with Crippen molar-refractivity contribution in [3.05, 3.63) is 0 Å². The molecule has 0 amide bonds. The van der Waals surface area contributed by atoms with Crippen molar-refractivity contribution in [3.8, 4) is 0 Å². The highest BCUT2D eigenvalue weighted by Crippen LogP contribution is 2.13. The van der Waals surface area contributed by atoms with Gasteiger partial charge in [0.1, 0.15) is 0 Å². The van der Waals surface area contributed by atoms with E-state index >= 15 is 0 Å². The van der Waals surface area contributed by atoms with Crippen LogP contribution in [0.5, 0.6) is 0 Å². The molecule has 1 rings (SSSR count). The minimum Gasteiger partial charge on any atom is -0.379 e. The van der Waals surface area contributed by atoms with E-state index in [0.29, 0.717) is 56.3 Å². The number of ether oxygens (including phenoxy) is 4. The molecule has 2 atom stereocenters. The van der Waals surface area contributed by atoms with Crippen LogP contribution in [0.15, 0.2) is 0 Å². The number of piperidine rings is 1. The number of thiol groups is 1. The van der Waals surface area contributed by atoms with Crippen molar-refractivity contribution in [2.45, 2.75) is 56.2 Å². The predicted octanol–water partition coefficient (Wildman–Crippen LogP) is 2.91. The Kier molecular flexibility index (Phi) is 18.2. The Hall–Kier alpha value is 0.460. The Morgan fingerprint density at radius 1 is 0.897 bits per heavy atom. The van der Waals surface area contributed by atoms with Gasteiger partial charge in [0.15, 0.2) is 0 Å². The van der Waals surface area contributed by atoms with Crippen LogP contribution in [0.4, 0.5) is 0 Å². The second-order valence-corrected chi connectivity index (χ2v) is 9.66. The Morgan fingerprint density at radius 2 is 1.41 bits per heavy atom. The fraction of sp³-hybridized carbons (Fsp3) is 1.00. The summed E-state index contributed by atoms with van der Waals surface area (Å²) < 4.78 is 22.2. The van der Waals surface area contributed by atoms with Crippen molar-refractivity contribution < 1.29 is 18.9 Å². The lowest BCUT2D eigenvalue weighted by atomic mass is 10.1. The Morgan fingerprint density at radius 3 is 1.93 bits per heavy atom. The summed E-state index contributed by atoms with van der Waals surface area (Å²) in [6, 6.07) is 0.665. The number of hydrogen-bond acceptors (Lipinski definition) is 8. The summed E-state index contributed by atoms with van der Waals surface area (Å²) in [5.41, 5.74) is 0. The molecular formula is C21H44N2O4S2. The summed E-state index contributed by atoms with van der Waals surface area (Å²) in [6.07, 6.45) is 6.76. The molecule has 0 aliphatic carbocycles. The number of rotatable bonds is 19. The molecule has 29 heavy (non-hydrogen) atoms. The van der Waals surface area contributed by atoms with Gasteiger partial charge in [-0.05, 0) is 57.2 Å². The van der Waals surface area contributed by atoms with E-state index in [4.69, 9.17) is 18.9 Å². The maximum Gasteiger partial charge on any atom is 0.0701 e.